The third kappa shape index (κ3) is 2.09. The highest BCUT2D eigenvalue weighted by atomic mass is 16.2. The summed E-state index contributed by atoms with van der Waals surface area (Å²) in [6.07, 6.45) is 2.01. The summed E-state index contributed by atoms with van der Waals surface area (Å²) in [7, 11) is 0. The van der Waals surface area contributed by atoms with Gasteiger partial charge in [-0.05, 0) is 54.6 Å². The van der Waals surface area contributed by atoms with Crippen LogP contribution in [0.1, 0.15) is 45.7 Å². The smallest absolute Gasteiger partial charge is 0.261 e. The predicted octanol–water partition coefficient (Wildman–Crippen LogP) is 2.88. The topological polar surface area (TPSA) is 40.6 Å². The van der Waals surface area contributed by atoms with Crippen molar-refractivity contribution in [2.45, 2.75) is 26.7 Å². The van der Waals surface area contributed by atoms with Crippen LogP contribution in [0, 0.1) is 0 Å². The lowest BCUT2D eigenvalue weighted by molar-refractivity contribution is 0.0594. The highest BCUT2D eigenvalue weighted by Gasteiger charge is 2.34. The molecule has 0 radical (unpaired) electrons. The van der Waals surface area contributed by atoms with Crippen molar-refractivity contribution in [3.8, 4) is 0 Å². The Morgan fingerprint density at radius 1 is 0.875 bits per heavy atom. The van der Waals surface area contributed by atoms with Crippen LogP contribution in [0.4, 0.5) is 0 Å². The van der Waals surface area contributed by atoms with Crippen molar-refractivity contribution in [1.29, 1.82) is 0 Å². The second-order valence-corrected chi connectivity index (χ2v) is 6.58. The standard InChI is InChI=1S/C20H22N2O2/c1-3-21(4-2)11-12-22-19(23)15-9-7-13-5-6-14-8-10-16(20(22)24)18(15)17(13)14/h7-10H,3-6,11-12H2,1-2H3. The molecule has 2 aromatic rings. The molecule has 24 heavy (non-hydrogen) atoms. The molecule has 0 fully saturated rings. The van der Waals surface area contributed by atoms with Gasteiger partial charge in [0.15, 0.2) is 0 Å². The normalized spacial score (nSPS) is 15.9. The Balaban J connectivity index is 1.77. The molecule has 2 aromatic carbocycles. The molecule has 124 valence electrons. The van der Waals surface area contributed by atoms with Crippen molar-refractivity contribution in [2.75, 3.05) is 26.2 Å². The summed E-state index contributed by atoms with van der Waals surface area (Å²) in [5, 5.41) is 2.03. The second kappa shape index (κ2) is 5.71. The number of rotatable bonds is 5. The summed E-state index contributed by atoms with van der Waals surface area (Å²) >= 11 is 0. The summed E-state index contributed by atoms with van der Waals surface area (Å²) in [5.41, 5.74) is 3.91. The largest absolute Gasteiger partial charge is 0.302 e. The molecule has 0 unspecified atom stereocenters. The number of nitrogens with zero attached hydrogens (tertiary/aromatic N) is 2. The molecule has 0 N–H and O–H groups in total. The molecule has 0 spiro atoms. The second-order valence-electron chi connectivity index (χ2n) is 6.58. The summed E-state index contributed by atoms with van der Waals surface area (Å²) in [6.45, 7) is 7.20. The predicted molar refractivity (Wildman–Crippen MR) is 94.5 cm³/mol. The fraction of sp³-hybridized carbons (Fsp3) is 0.400. The van der Waals surface area contributed by atoms with E-state index in [1.54, 1.807) is 0 Å². The molecule has 1 heterocycles. The number of hydrogen-bond acceptors (Lipinski definition) is 3. The van der Waals surface area contributed by atoms with Crippen LogP contribution >= 0.6 is 0 Å². The SMILES string of the molecule is CCN(CC)CCN1C(=O)c2ccc3c4c(ccc(c24)C1=O)CC3. The lowest BCUT2D eigenvalue weighted by atomic mass is 9.91. The average Bonchev–Trinajstić information content (AvgIpc) is 3.03. The monoisotopic (exact) mass is 322 g/mol. The molecule has 4 nitrogen and oxygen atoms in total. The Morgan fingerprint density at radius 3 is 1.92 bits per heavy atom. The summed E-state index contributed by atoms with van der Waals surface area (Å²) < 4.78 is 0. The first-order chi connectivity index (χ1) is 11.7. The molecule has 2 amide bonds. The molecular formula is C20H22N2O2. The van der Waals surface area contributed by atoms with E-state index in [1.165, 1.54) is 16.0 Å². The molecule has 0 atom stereocenters. The van der Waals surface area contributed by atoms with E-state index in [-0.39, 0.29) is 11.8 Å². The lowest BCUT2D eigenvalue weighted by Crippen LogP contribution is -2.44. The van der Waals surface area contributed by atoms with E-state index >= 15 is 0 Å². The third-order valence-corrected chi connectivity index (χ3v) is 5.48. The zero-order chi connectivity index (χ0) is 16.8. The Kier molecular flexibility index (Phi) is 3.65. The van der Waals surface area contributed by atoms with Crippen LogP contribution in [-0.4, -0.2) is 47.8 Å². The van der Waals surface area contributed by atoms with Crippen molar-refractivity contribution in [1.82, 2.24) is 9.80 Å². The summed E-state index contributed by atoms with van der Waals surface area (Å²) in [5.74, 6) is -0.287. The number of carbonyl (C=O) groups is 2. The molecule has 0 saturated heterocycles. The van der Waals surface area contributed by atoms with Crippen LogP contribution in [0.3, 0.4) is 0 Å². The minimum atomic E-state index is -0.143. The molecule has 4 rings (SSSR count). The summed E-state index contributed by atoms with van der Waals surface area (Å²) in [6, 6.07) is 7.95. The van der Waals surface area contributed by atoms with Gasteiger partial charge in [-0.15, -0.1) is 0 Å². The van der Waals surface area contributed by atoms with Gasteiger partial charge in [-0.3, -0.25) is 14.5 Å². The molecule has 0 aromatic heterocycles. The van der Waals surface area contributed by atoms with Crippen LogP contribution in [0.5, 0.6) is 0 Å². The maximum Gasteiger partial charge on any atom is 0.261 e. The van der Waals surface area contributed by atoms with Crippen LogP contribution in [0.15, 0.2) is 24.3 Å². The Labute approximate surface area is 142 Å². The van der Waals surface area contributed by atoms with Gasteiger partial charge >= 0.3 is 0 Å². The van der Waals surface area contributed by atoms with Crippen LogP contribution < -0.4 is 0 Å². The lowest BCUT2D eigenvalue weighted by Gasteiger charge is -2.29. The van der Waals surface area contributed by atoms with Gasteiger partial charge in [-0.25, -0.2) is 0 Å². The first kappa shape index (κ1) is 15.3. The maximum absolute atomic E-state index is 12.9. The Morgan fingerprint density at radius 2 is 1.42 bits per heavy atom. The average molecular weight is 322 g/mol. The summed E-state index contributed by atoms with van der Waals surface area (Å²) in [4.78, 5) is 29.5. The maximum atomic E-state index is 12.9. The van der Waals surface area contributed by atoms with Gasteiger partial charge in [0.2, 0.25) is 0 Å². The van der Waals surface area contributed by atoms with E-state index in [0.717, 1.165) is 43.2 Å². The molecule has 1 aliphatic heterocycles. The fourth-order valence-corrected chi connectivity index (χ4v) is 4.05. The first-order valence-corrected chi connectivity index (χ1v) is 8.81. The minimum Gasteiger partial charge on any atom is -0.302 e. The number of amides is 2. The molecular weight excluding hydrogens is 300 g/mol. The van der Waals surface area contributed by atoms with Gasteiger partial charge in [-0.2, -0.15) is 0 Å². The minimum absolute atomic E-state index is 0.143. The van der Waals surface area contributed by atoms with E-state index in [4.69, 9.17) is 0 Å². The third-order valence-electron chi connectivity index (χ3n) is 5.48. The number of imide groups is 1. The van der Waals surface area contributed by atoms with Gasteiger partial charge in [-0.1, -0.05) is 26.0 Å². The van der Waals surface area contributed by atoms with Crippen molar-refractivity contribution in [3.63, 3.8) is 0 Å². The van der Waals surface area contributed by atoms with Gasteiger partial charge < -0.3 is 4.90 Å². The molecule has 2 aliphatic rings. The van der Waals surface area contributed by atoms with E-state index in [9.17, 15) is 9.59 Å². The molecule has 1 aliphatic carbocycles. The van der Waals surface area contributed by atoms with Crippen LogP contribution in [0.25, 0.3) is 10.8 Å². The fourth-order valence-electron chi connectivity index (χ4n) is 4.05. The van der Waals surface area contributed by atoms with Crippen LogP contribution in [0.2, 0.25) is 0 Å². The number of benzene rings is 2. The highest BCUT2D eigenvalue weighted by molar-refractivity contribution is 6.26. The Bertz CT molecular complexity index is 794. The van der Waals surface area contributed by atoms with Crippen molar-refractivity contribution >= 4 is 22.6 Å². The van der Waals surface area contributed by atoms with Gasteiger partial charge in [0.1, 0.15) is 0 Å². The van der Waals surface area contributed by atoms with E-state index in [0.29, 0.717) is 17.7 Å². The van der Waals surface area contributed by atoms with Gasteiger partial charge in [0.25, 0.3) is 11.8 Å². The van der Waals surface area contributed by atoms with Crippen LogP contribution in [-0.2, 0) is 12.8 Å². The number of carbonyl (C=O) groups excluding carboxylic acids is 2. The van der Waals surface area contributed by atoms with Crippen molar-refractivity contribution < 1.29 is 9.59 Å². The van der Waals surface area contributed by atoms with Crippen molar-refractivity contribution in [2.24, 2.45) is 0 Å². The quantitative estimate of drug-likeness (QED) is 0.795. The molecule has 0 bridgehead atoms. The van der Waals surface area contributed by atoms with E-state index < -0.39 is 0 Å². The highest BCUT2D eigenvalue weighted by Crippen LogP contribution is 2.38. The number of likely N-dealkylation sites (N-methyl/N-ethyl adjacent to an activating group) is 1. The number of hydrogen-bond donors (Lipinski definition) is 0. The zero-order valence-corrected chi connectivity index (χ0v) is 14.3. The van der Waals surface area contributed by atoms with Gasteiger partial charge in [0.05, 0.1) is 0 Å². The number of aryl methyl sites for hydroxylation is 2. The van der Waals surface area contributed by atoms with E-state index in [1.807, 2.05) is 12.1 Å². The molecule has 0 saturated carbocycles. The van der Waals surface area contributed by atoms with Crippen molar-refractivity contribution in [3.05, 3.63) is 46.5 Å². The Hall–Kier alpha value is -2.20. The molecule has 4 heteroatoms. The van der Waals surface area contributed by atoms with E-state index in [2.05, 4.69) is 30.9 Å². The van der Waals surface area contributed by atoms with Gasteiger partial charge in [0, 0.05) is 29.6 Å². The zero-order valence-electron chi connectivity index (χ0n) is 14.3. The first-order valence-electron chi connectivity index (χ1n) is 8.81.